The minimum atomic E-state index is -0.441. The van der Waals surface area contributed by atoms with E-state index in [0.29, 0.717) is 6.54 Å². The number of carbonyl (C=O) groups is 1. The highest BCUT2D eigenvalue weighted by molar-refractivity contribution is 5.91. The molecule has 0 bridgehead atoms. The van der Waals surface area contributed by atoms with Crippen molar-refractivity contribution in [1.29, 1.82) is 0 Å². The SMILES string of the molecule is CCN(CCCCCCNC(=O)/C=C/c1ccc([N+](=O)[O-])cc1)Cc1ccccc1. The molecule has 30 heavy (non-hydrogen) atoms. The lowest BCUT2D eigenvalue weighted by molar-refractivity contribution is -0.384. The molecule has 160 valence electrons. The normalized spacial score (nSPS) is 11.1. The van der Waals surface area contributed by atoms with E-state index in [4.69, 9.17) is 0 Å². The molecule has 0 heterocycles. The summed E-state index contributed by atoms with van der Waals surface area (Å²) in [5.41, 5.74) is 2.15. The first-order valence-corrected chi connectivity index (χ1v) is 10.5. The molecular weight excluding hydrogens is 378 g/mol. The number of hydrogen-bond donors (Lipinski definition) is 1. The molecule has 0 aliphatic rings. The van der Waals surface area contributed by atoms with E-state index in [9.17, 15) is 14.9 Å². The van der Waals surface area contributed by atoms with Crippen molar-refractivity contribution >= 4 is 17.7 Å². The third kappa shape index (κ3) is 9.01. The van der Waals surface area contributed by atoms with Gasteiger partial charge >= 0.3 is 0 Å². The van der Waals surface area contributed by atoms with Gasteiger partial charge in [0.2, 0.25) is 5.91 Å². The summed E-state index contributed by atoms with van der Waals surface area (Å²) >= 11 is 0. The molecule has 0 aliphatic heterocycles. The van der Waals surface area contributed by atoms with Crippen molar-refractivity contribution in [1.82, 2.24) is 10.2 Å². The number of nitrogens with zero attached hydrogens (tertiary/aromatic N) is 2. The van der Waals surface area contributed by atoms with Crippen LogP contribution in [0.2, 0.25) is 0 Å². The molecule has 1 amide bonds. The number of hydrogen-bond acceptors (Lipinski definition) is 4. The van der Waals surface area contributed by atoms with Crippen LogP contribution in [-0.4, -0.2) is 35.4 Å². The van der Waals surface area contributed by atoms with Gasteiger partial charge in [-0.25, -0.2) is 0 Å². The Morgan fingerprint density at radius 3 is 2.40 bits per heavy atom. The van der Waals surface area contributed by atoms with Gasteiger partial charge in [-0.05, 0) is 55.3 Å². The maximum absolute atomic E-state index is 11.9. The van der Waals surface area contributed by atoms with Gasteiger partial charge in [-0.3, -0.25) is 19.8 Å². The van der Waals surface area contributed by atoms with E-state index in [0.717, 1.165) is 50.9 Å². The molecule has 6 heteroatoms. The van der Waals surface area contributed by atoms with Crippen LogP contribution in [0.25, 0.3) is 6.08 Å². The fraction of sp³-hybridized carbons (Fsp3) is 0.375. The second-order valence-corrected chi connectivity index (χ2v) is 7.24. The van der Waals surface area contributed by atoms with Crippen molar-refractivity contribution in [2.45, 2.75) is 39.2 Å². The predicted octanol–water partition coefficient (Wildman–Crippen LogP) is 4.81. The molecule has 1 N–H and O–H groups in total. The highest BCUT2D eigenvalue weighted by atomic mass is 16.6. The monoisotopic (exact) mass is 409 g/mol. The molecule has 0 fully saturated rings. The van der Waals surface area contributed by atoms with Crippen LogP contribution < -0.4 is 5.32 Å². The number of nitrogens with one attached hydrogen (secondary N) is 1. The minimum Gasteiger partial charge on any atom is -0.353 e. The van der Waals surface area contributed by atoms with E-state index in [2.05, 4.69) is 41.4 Å². The number of unbranched alkanes of at least 4 members (excludes halogenated alkanes) is 3. The van der Waals surface area contributed by atoms with Crippen LogP contribution in [0.15, 0.2) is 60.7 Å². The van der Waals surface area contributed by atoms with E-state index in [1.54, 1.807) is 18.2 Å². The van der Waals surface area contributed by atoms with Gasteiger partial charge in [-0.2, -0.15) is 0 Å². The number of nitro groups is 1. The topological polar surface area (TPSA) is 75.5 Å². The lowest BCUT2D eigenvalue weighted by Gasteiger charge is -2.20. The summed E-state index contributed by atoms with van der Waals surface area (Å²) in [6, 6.07) is 16.6. The largest absolute Gasteiger partial charge is 0.353 e. The van der Waals surface area contributed by atoms with Crippen LogP contribution in [-0.2, 0) is 11.3 Å². The Labute approximate surface area is 178 Å². The standard InChI is InChI=1S/C24H31N3O3/c1-2-26(20-22-10-6-5-7-11-22)19-9-4-3-8-18-25-24(28)17-14-21-12-15-23(16-13-21)27(29)30/h5-7,10-17H,2-4,8-9,18-20H2,1H3,(H,25,28)/b17-14+. The third-order valence-electron chi connectivity index (χ3n) is 4.93. The molecule has 2 aromatic rings. The number of benzene rings is 2. The highest BCUT2D eigenvalue weighted by Crippen LogP contribution is 2.12. The molecule has 0 atom stereocenters. The van der Waals surface area contributed by atoms with Gasteiger partial charge in [-0.15, -0.1) is 0 Å². The number of rotatable bonds is 13. The van der Waals surface area contributed by atoms with Crippen LogP contribution in [0.4, 0.5) is 5.69 Å². The summed E-state index contributed by atoms with van der Waals surface area (Å²) in [5.74, 6) is -0.145. The maximum Gasteiger partial charge on any atom is 0.269 e. The summed E-state index contributed by atoms with van der Waals surface area (Å²) in [5, 5.41) is 13.5. The second-order valence-electron chi connectivity index (χ2n) is 7.24. The van der Waals surface area contributed by atoms with E-state index in [1.807, 2.05) is 6.07 Å². The van der Waals surface area contributed by atoms with Gasteiger partial charge < -0.3 is 5.32 Å². The molecule has 0 radical (unpaired) electrons. The second kappa shape index (κ2) is 13.3. The fourth-order valence-electron chi connectivity index (χ4n) is 3.15. The van der Waals surface area contributed by atoms with Gasteiger partial charge in [0.15, 0.2) is 0 Å². The van der Waals surface area contributed by atoms with E-state index < -0.39 is 4.92 Å². The van der Waals surface area contributed by atoms with E-state index >= 15 is 0 Å². The molecule has 0 saturated carbocycles. The molecule has 0 saturated heterocycles. The van der Waals surface area contributed by atoms with E-state index in [1.165, 1.54) is 23.8 Å². The number of non-ortho nitro benzene ring substituents is 1. The van der Waals surface area contributed by atoms with Crippen LogP contribution in [0.5, 0.6) is 0 Å². The molecule has 0 spiro atoms. The fourth-order valence-corrected chi connectivity index (χ4v) is 3.15. The minimum absolute atomic E-state index is 0.0405. The van der Waals surface area contributed by atoms with Gasteiger partial charge in [0.25, 0.3) is 5.69 Å². The quantitative estimate of drug-likeness (QED) is 0.223. The summed E-state index contributed by atoms with van der Waals surface area (Å²) in [6.45, 7) is 5.99. The average molecular weight is 410 g/mol. The first-order chi connectivity index (χ1) is 14.6. The highest BCUT2D eigenvalue weighted by Gasteiger charge is 2.04. The summed E-state index contributed by atoms with van der Waals surface area (Å²) in [7, 11) is 0. The predicted molar refractivity (Wildman–Crippen MR) is 121 cm³/mol. The number of nitro benzene ring substituents is 1. The number of amides is 1. The molecule has 0 aliphatic carbocycles. The van der Waals surface area contributed by atoms with Gasteiger partial charge in [0.05, 0.1) is 4.92 Å². The van der Waals surface area contributed by atoms with Crippen LogP contribution in [0.3, 0.4) is 0 Å². The zero-order valence-corrected chi connectivity index (χ0v) is 17.6. The average Bonchev–Trinajstić information content (AvgIpc) is 2.77. The molecule has 2 rings (SSSR count). The van der Waals surface area contributed by atoms with Crippen molar-refractivity contribution in [2.75, 3.05) is 19.6 Å². The third-order valence-corrected chi connectivity index (χ3v) is 4.93. The van der Waals surface area contributed by atoms with Crippen molar-refractivity contribution < 1.29 is 9.72 Å². The first-order valence-electron chi connectivity index (χ1n) is 10.5. The van der Waals surface area contributed by atoms with Crippen molar-refractivity contribution in [3.05, 3.63) is 81.9 Å². The Hall–Kier alpha value is -2.99. The zero-order valence-electron chi connectivity index (χ0n) is 17.6. The van der Waals surface area contributed by atoms with E-state index in [-0.39, 0.29) is 11.6 Å². The molecular formula is C24H31N3O3. The van der Waals surface area contributed by atoms with Crippen LogP contribution in [0, 0.1) is 10.1 Å². The molecule has 2 aromatic carbocycles. The molecule has 0 unspecified atom stereocenters. The van der Waals surface area contributed by atoms with Crippen LogP contribution in [0.1, 0.15) is 43.7 Å². The Balaban J connectivity index is 1.55. The maximum atomic E-state index is 11.9. The Kier molecular flexibility index (Phi) is 10.3. The van der Waals surface area contributed by atoms with Crippen molar-refractivity contribution in [3.63, 3.8) is 0 Å². The lowest BCUT2D eigenvalue weighted by Crippen LogP contribution is -2.24. The summed E-state index contributed by atoms with van der Waals surface area (Å²) in [6.07, 6.45) is 7.49. The van der Waals surface area contributed by atoms with Crippen molar-refractivity contribution in [3.8, 4) is 0 Å². The smallest absolute Gasteiger partial charge is 0.269 e. The van der Waals surface area contributed by atoms with Crippen LogP contribution >= 0.6 is 0 Å². The van der Waals surface area contributed by atoms with Gasteiger partial charge in [0.1, 0.15) is 0 Å². The lowest BCUT2D eigenvalue weighted by atomic mass is 10.1. The van der Waals surface area contributed by atoms with Gasteiger partial charge in [0, 0.05) is 31.3 Å². The number of carbonyl (C=O) groups excluding carboxylic acids is 1. The first kappa shape index (κ1) is 23.3. The Morgan fingerprint density at radius 2 is 1.73 bits per heavy atom. The summed E-state index contributed by atoms with van der Waals surface area (Å²) in [4.78, 5) is 24.5. The van der Waals surface area contributed by atoms with Crippen molar-refractivity contribution in [2.24, 2.45) is 0 Å². The summed E-state index contributed by atoms with van der Waals surface area (Å²) < 4.78 is 0. The molecule has 6 nitrogen and oxygen atoms in total. The Morgan fingerprint density at radius 1 is 1.03 bits per heavy atom. The molecule has 0 aromatic heterocycles. The Bertz CT molecular complexity index is 804. The zero-order chi connectivity index (χ0) is 21.6. The van der Waals surface area contributed by atoms with Gasteiger partial charge in [-0.1, -0.05) is 50.1 Å².